The van der Waals surface area contributed by atoms with E-state index in [1.165, 1.54) is 0 Å². The minimum Gasteiger partial charge on any atom is -0.322 e. The Kier molecular flexibility index (Phi) is 3.57. The molecule has 0 spiro atoms. The van der Waals surface area contributed by atoms with Gasteiger partial charge in [0.25, 0.3) is 0 Å². The van der Waals surface area contributed by atoms with E-state index < -0.39 is 17.8 Å². The number of nitrogens with one attached hydrogen (secondary N) is 1. The number of pyridine rings is 2. The fourth-order valence-electron chi connectivity index (χ4n) is 1.37. The molecule has 1 amide bonds. The zero-order valence-electron chi connectivity index (χ0n) is 9.23. The first-order chi connectivity index (χ1) is 8.65. The largest absolute Gasteiger partial charge is 0.322 e. The minimum atomic E-state index is -1.05. The Morgan fingerprint density at radius 3 is 2.72 bits per heavy atom. The lowest BCUT2D eigenvalue weighted by molar-refractivity contribution is -0.115. The summed E-state index contributed by atoms with van der Waals surface area (Å²) in [7, 11) is 0. The maximum Gasteiger partial charge on any atom is 0.239 e. The number of aromatic nitrogens is 2. The van der Waals surface area contributed by atoms with Crippen LogP contribution in [-0.4, -0.2) is 15.9 Å². The van der Waals surface area contributed by atoms with Crippen molar-refractivity contribution < 1.29 is 13.6 Å². The van der Waals surface area contributed by atoms with Crippen LogP contribution in [0.5, 0.6) is 0 Å². The van der Waals surface area contributed by atoms with Crippen molar-refractivity contribution in [1.29, 1.82) is 0 Å². The molecule has 0 aliphatic rings. The number of hydrogen-bond acceptors (Lipinski definition) is 3. The molecule has 2 aromatic rings. The zero-order valence-corrected chi connectivity index (χ0v) is 9.23. The second-order valence-corrected chi connectivity index (χ2v) is 3.52. The standard InChI is InChI=1S/C12H9F2N3O/c13-10-5-4-9(12(14)17-10)16-11(18)7-8-3-1-2-6-15-8/h1-6H,7H2,(H,16,18). The number of carbonyl (C=O) groups is 1. The van der Waals surface area contributed by atoms with Gasteiger partial charge < -0.3 is 5.32 Å². The molecule has 18 heavy (non-hydrogen) atoms. The second-order valence-electron chi connectivity index (χ2n) is 3.52. The highest BCUT2D eigenvalue weighted by molar-refractivity contribution is 5.91. The van der Waals surface area contributed by atoms with Gasteiger partial charge in [-0.1, -0.05) is 6.07 Å². The molecular formula is C12H9F2N3O. The quantitative estimate of drug-likeness (QED) is 0.846. The predicted octanol–water partition coefficient (Wildman–Crippen LogP) is 1.94. The minimum absolute atomic E-state index is 0.0116. The summed E-state index contributed by atoms with van der Waals surface area (Å²) in [5.41, 5.74) is 0.405. The van der Waals surface area contributed by atoms with E-state index in [2.05, 4.69) is 15.3 Å². The van der Waals surface area contributed by atoms with Gasteiger partial charge in [-0.25, -0.2) is 0 Å². The first kappa shape index (κ1) is 12.1. The summed E-state index contributed by atoms with van der Waals surface area (Å²) in [6.07, 6.45) is 1.57. The molecule has 92 valence electrons. The van der Waals surface area contributed by atoms with Crippen molar-refractivity contribution in [3.05, 3.63) is 54.1 Å². The number of rotatable bonds is 3. The summed E-state index contributed by atoms with van der Waals surface area (Å²) in [6.45, 7) is 0. The van der Waals surface area contributed by atoms with E-state index in [1.54, 1.807) is 24.4 Å². The number of halogens is 2. The number of amides is 1. The topological polar surface area (TPSA) is 54.9 Å². The van der Waals surface area contributed by atoms with Crippen molar-refractivity contribution >= 4 is 11.6 Å². The highest BCUT2D eigenvalue weighted by Gasteiger charge is 2.10. The number of nitrogens with zero attached hydrogens (tertiary/aromatic N) is 2. The Labute approximate surface area is 102 Å². The van der Waals surface area contributed by atoms with E-state index in [0.29, 0.717) is 5.69 Å². The van der Waals surface area contributed by atoms with Gasteiger partial charge >= 0.3 is 0 Å². The molecule has 0 unspecified atom stereocenters. The van der Waals surface area contributed by atoms with Crippen LogP contribution < -0.4 is 5.32 Å². The molecule has 0 radical (unpaired) electrons. The van der Waals surface area contributed by atoms with Gasteiger partial charge in [-0.15, -0.1) is 0 Å². The maximum atomic E-state index is 13.2. The van der Waals surface area contributed by atoms with Gasteiger partial charge in [0.05, 0.1) is 12.1 Å². The highest BCUT2D eigenvalue weighted by Crippen LogP contribution is 2.12. The average molecular weight is 249 g/mol. The molecule has 0 saturated carbocycles. The molecule has 0 aromatic carbocycles. The molecule has 0 fully saturated rings. The Morgan fingerprint density at radius 2 is 2.06 bits per heavy atom. The Morgan fingerprint density at radius 1 is 1.22 bits per heavy atom. The molecule has 2 aromatic heterocycles. The number of carbonyl (C=O) groups excluding carboxylic acids is 1. The van der Waals surface area contributed by atoms with Crippen molar-refractivity contribution in [3.8, 4) is 0 Å². The van der Waals surface area contributed by atoms with Crippen LogP contribution in [0, 0.1) is 11.9 Å². The second kappa shape index (κ2) is 5.31. The van der Waals surface area contributed by atoms with Gasteiger partial charge in [0.15, 0.2) is 0 Å². The van der Waals surface area contributed by atoms with Crippen LogP contribution in [0.25, 0.3) is 0 Å². The molecule has 4 nitrogen and oxygen atoms in total. The maximum absolute atomic E-state index is 13.2. The number of hydrogen-bond donors (Lipinski definition) is 1. The molecule has 6 heteroatoms. The van der Waals surface area contributed by atoms with Crippen LogP contribution in [-0.2, 0) is 11.2 Å². The molecular weight excluding hydrogens is 240 g/mol. The van der Waals surface area contributed by atoms with Gasteiger partial charge in [-0.2, -0.15) is 13.8 Å². The van der Waals surface area contributed by atoms with Gasteiger partial charge in [0.1, 0.15) is 0 Å². The summed E-state index contributed by atoms with van der Waals surface area (Å²) in [4.78, 5) is 18.5. The third-order valence-corrected chi connectivity index (χ3v) is 2.16. The summed E-state index contributed by atoms with van der Waals surface area (Å²) < 4.78 is 25.7. The van der Waals surface area contributed by atoms with E-state index in [-0.39, 0.29) is 12.1 Å². The third kappa shape index (κ3) is 3.07. The summed E-state index contributed by atoms with van der Waals surface area (Å²) in [5, 5.41) is 2.30. The van der Waals surface area contributed by atoms with E-state index in [9.17, 15) is 13.6 Å². The van der Waals surface area contributed by atoms with E-state index in [1.807, 2.05) is 0 Å². The summed E-state index contributed by atoms with van der Waals surface area (Å²) in [6, 6.07) is 7.24. The molecule has 2 rings (SSSR count). The first-order valence-electron chi connectivity index (χ1n) is 5.17. The van der Waals surface area contributed by atoms with E-state index in [0.717, 1.165) is 12.1 Å². The van der Waals surface area contributed by atoms with E-state index >= 15 is 0 Å². The normalized spacial score (nSPS) is 10.1. The molecule has 0 bridgehead atoms. The SMILES string of the molecule is O=C(Cc1ccccn1)Nc1ccc(F)nc1F. The van der Waals surface area contributed by atoms with Crippen molar-refractivity contribution in [1.82, 2.24) is 9.97 Å². The average Bonchev–Trinajstić information content (AvgIpc) is 2.34. The lowest BCUT2D eigenvalue weighted by atomic mass is 10.2. The van der Waals surface area contributed by atoms with Gasteiger partial charge in [-0.05, 0) is 24.3 Å². The molecule has 0 aliphatic heterocycles. The Hall–Kier alpha value is -2.37. The summed E-state index contributed by atoms with van der Waals surface area (Å²) in [5.74, 6) is -2.43. The Balaban J connectivity index is 2.03. The zero-order chi connectivity index (χ0) is 13.0. The smallest absolute Gasteiger partial charge is 0.239 e. The molecule has 0 atom stereocenters. The van der Waals surface area contributed by atoms with Crippen LogP contribution in [0.1, 0.15) is 5.69 Å². The highest BCUT2D eigenvalue weighted by atomic mass is 19.1. The van der Waals surface area contributed by atoms with Gasteiger partial charge in [0, 0.05) is 11.9 Å². The first-order valence-corrected chi connectivity index (χ1v) is 5.17. The molecule has 2 heterocycles. The van der Waals surface area contributed by atoms with Crippen molar-refractivity contribution in [3.63, 3.8) is 0 Å². The van der Waals surface area contributed by atoms with Crippen LogP contribution in [0.4, 0.5) is 14.5 Å². The van der Waals surface area contributed by atoms with E-state index in [4.69, 9.17) is 0 Å². The molecule has 0 aliphatic carbocycles. The predicted molar refractivity (Wildman–Crippen MR) is 60.7 cm³/mol. The van der Waals surface area contributed by atoms with Crippen LogP contribution in [0.15, 0.2) is 36.5 Å². The Bertz CT molecular complexity index is 561. The van der Waals surface area contributed by atoms with Crippen LogP contribution >= 0.6 is 0 Å². The number of anilines is 1. The summed E-state index contributed by atoms with van der Waals surface area (Å²) >= 11 is 0. The van der Waals surface area contributed by atoms with Crippen molar-refractivity contribution in [2.24, 2.45) is 0 Å². The van der Waals surface area contributed by atoms with Crippen LogP contribution in [0.2, 0.25) is 0 Å². The van der Waals surface area contributed by atoms with Crippen molar-refractivity contribution in [2.45, 2.75) is 6.42 Å². The monoisotopic (exact) mass is 249 g/mol. The van der Waals surface area contributed by atoms with Crippen molar-refractivity contribution in [2.75, 3.05) is 5.32 Å². The lowest BCUT2D eigenvalue weighted by Crippen LogP contribution is -2.16. The van der Waals surface area contributed by atoms with Crippen LogP contribution in [0.3, 0.4) is 0 Å². The fraction of sp³-hybridized carbons (Fsp3) is 0.0833. The molecule has 1 N–H and O–H groups in total. The third-order valence-electron chi connectivity index (χ3n) is 2.16. The lowest BCUT2D eigenvalue weighted by Gasteiger charge is -2.05. The van der Waals surface area contributed by atoms with Gasteiger partial charge in [-0.3, -0.25) is 9.78 Å². The fourth-order valence-corrected chi connectivity index (χ4v) is 1.37. The van der Waals surface area contributed by atoms with Gasteiger partial charge in [0.2, 0.25) is 17.8 Å². The molecule has 0 saturated heterocycles.